The predicted octanol–water partition coefficient (Wildman–Crippen LogP) is 0.423. The molecule has 1 amide bonds. The molecule has 0 bridgehead atoms. The number of amides is 1. The third kappa shape index (κ3) is 7.97. The topological polar surface area (TPSA) is 83.5 Å². The van der Waals surface area contributed by atoms with Crippen LogP contribution >= 0.6 is 0 Å². The van der Waals surface area contributed by atoms with Crippen molar-refractivity contribution >= 4 is 16.0 Å². The van der Waals surface area contributed by atoms with E-state index in [0.717, 1.165) is 19.6 Å². The average molecular weight is 293 g/mol. The minimum atomic E-state index is -3.89. The molecule has 0 aliphatic carbocycles. The van der Waals surface area contributed by atoms with Gasteiger partial charge < -0.3 is 9.80 Å². The number of carbonyl (C=O) groups is 1. The van der Waals surface area contributed by atoms with Crippen LogP contribution < -0.4 is 5.32 Å². The number of rotatable bonds is 10. The lowest BCUT2D eigenvalue weighted by molar-refractivity contribution is -0.923. The van der Waals surface area contributed by atoms with Gasteiger partial charge in [-0.05, 0) is 19.9 Å². The standard InChI is InChI=1S/C12H24N2O4S/c1-4-12(15)13-8-10-14(5-2,6-3)9-7-11-19(16,17)18/h4H,1,5-11H2,2-3H3,(H-,13,15,16,17,18)/p+1. The molecule has 0 rings (SSSR count). The summed E-state index contributed by atoms with van der Waals surface area (Å²) in [5.74, 6) is -0.422. The molecular formula is C12H25N2O4S+. The largest absolute Gasteiger partial charge is 0.347 e. The highest BCUT2D eigenvalue weighted by Crippen LogP contribution is 2.08. The zero-order valence-electron chi connectivity index (χ0n) is 11.8. The Kier molecular flexibility index (Phi) is 7.89. The number of nitrogens with one attached hydrogen (secondary N) is 1. The van der Waals surface area contributed by atoms with Gasteiger partial charge in [0.1, 0.15) is 0 Å². The van der Waals surface area contributed by atoms with E-state index in [0.29, 0.717) is 24.0 Å². The van der Waals surface area contributed by atoms with E-state index in [1.165, 1.54) is 6.08 Å². The molecule has 0 aliphatic heterocycles. The molecule has 0 radical (unpaired) electrons. The van der Waals surface area contributed by atoms with E-state index in [-0.39, 0.29) is 11.7 Å². The van der Waals surface area contributed by atoms with Crippen molar-refractivity contribution in [1.82, 2.24) is 5.32 Å². The fraction of sp³-hybridized carbons (Fsp3) is 0.750. The Morgan fingerprint density at radius 1 is 1.32 bits per heavy atom. The highest BCUT2D eigenvalue weighted by atomic mass is 32.2. The Morgan fingerprint density at radius 3 is 2.32 bits per heavy atom. The van der Waals surface area contributed by atoms with E-state index >= 15 is 0 Å². The van der Waals surface area contributed by atoms with Gasteiger partial charge in [0, 0.05) is 6.42 Å². The molecule has 0 atom stereocenters. The molecular weight excluding hydrogens is 268 g/mol. The van der Waals surface area contributed by atoms with Crippen LogP contribution in [0.1, 0.15) is 20.3 Å². The van der Waals surface area contributed by atoms with Crippen LogP contribution in [0.2, 0.25) is 0 Å². The van der Waals surface area contributed by atoms with Gasteiger partial charge in [-0.1, -0.05) is 6.58 Å². The molecule has 0 aromatic carbocycles. The average Bonchev–Trinajstić information content (AvgIpc) is 2.35. The van der Waals surface area contributed by atoms with Gasteiger partial charge in [-0.15, -0.1) is 0 Å². The Bertz CT molecular complexity index is 389. The molecule has 0 aromatic heterocycles. The van der Waals surface area contributed by atoms with Crippen molar-refractivity contribution in [2.24, 2.45) is 0 Å². The van der Waals surface area contributed by atoms with Gasteiger partial charge in [0.15, 0.2) is 0 Å². The number of likely N-dealkylation sites (N-methyl/N-ethyl adjacent to an activating group) is 1. The van der Waals surface area contributed by atoms with E-state index in [2.05, 4.69) is 11.9 Å². The summed E-state index contributed by atoms with van der Waals surface area (Å²) in [7, 11) is -3.89. The summed E-state index contributed by atoms with van der Waals surface area (Å²) in [5, 5.41) is 2.72. The second-order valence-corrected chi connectivity index (χ2v) is 6.13. The van der Waals surface area contributed by atoms with Crippen LogP contribution in [0, 0.1) is 0 Å². The number of nitrogens with zero attached hydrogens (tertiary/aromatic N) is 1. The van der Waals surface area contributed by atoms with Gasteiger partial charge in [0.2, 0.25) is 5.91 Å². The molecule has 0 aliphatic rings. The third-order valence-electron chi connectivity index (χ3n) is 3.45. The van der Waals surface area contributed by atoms with E-state index in [1.807, 2.05) is 13.8 Å². The van der Waals surface area contributed by atoms with E-state index in [9.17, 15) is 13.2 Å². The van der Waals surface area contributed by atoms with Gasteiger partial charge in [0.25, 0.3) is 10.1 Å². The predicted molar refractivity (Wildman–Crippen MR) is 75.3 cm³/mol. The van der Waals surface area contributed by atoms with Crippen molar-refractivity contribution in [3.05, 3.63) is 12.7 Å². The third-order valence-corrected chi connectivity index (χ3v) is 4.25. The highest BCUT2D eigenvalue weighted by Gasteiger charge is 2.23. The van der Waals surface area contributed by atoms with E-state index in [1.54, 1.807) is 0 Å². The fourth-order valence-corrected chi connectivity index (χ4v) is 2.53. The number of hydrogen-bond acceptors (Lipinski definition) is 3. The van der Waals surface area contributed by atoms with Gasteiger partial charge in [-0.2, -0.15) is 8.42 Å². The van der Waals surface area contributed by atoms with Crippen molar-refractivity contribution in [2.45, 2.75) is 20.3 Å². The SMILES string of the molecule is C=CC(=O)NCC[N+](CC)(CC)CCCS(=O)(=O)O. The highest BCUT2D eigenvalue weighted by molar-refractivity contribution is 7.85. The summed E-state index contributed by atoms with van der Waals surface area (Å²) in [6.45, 7) is 11.1. The molecule has 0 heterocycles. The Hall–Kier alpha value is -0.920. The van der Waals surface area contributed by atoms with Crippen LogP contribution in [0.5, 0.6) is 0 Å². The summed E-state index contributed by atoms with van der Waals surface area (Å²) in [6, 6.07) is 0. The summed E-state index contributed by atoms with van der Waals surface area (Å²) in [6.07, 6.45) is 1.64. The molecule has 112 valence electrons. The van der Waals surface area contributed by atoms with Crippen LogP contribution in [-0.4, -0.2) is 61.8 Å². The lowest BCUT2D eigenvalue weighted by atomic mass is 10.3. The molecule has 7 heteroatoms. The van der Waals surface area contributed by atoms with Crippen LogP contribution in [0.4, 0.5) is 0 Å². The lowest BCUT2D eigenvalue weighted by Gasteiger charge is -2.37. The van der Waals surface area contributed by atoms with Crippen LogP contribution in [0.3, 0.4) is 0 Å². The minimum Gasteiger partial charge on any atom is -0.347 e. The molecule has 0 saturated carbocycles. The summed E-state index contributed by atoms with van der Waals surface area (Å²) in [4.78, 5) is 11.1. The normalized spacial score (nSPS) is 12.2. The maximum absolute atomic E-state index is 11.1. The first kappa shape index (κ1) is 18.1. The summed E-state index contributed by atoms with van der Waals surface area (Å²) in [5.41, 5.74) is 0. The van der Waals surface area contributed by atoms with Crippen molar-refractivity contribution in [2.75, 3.05) is 38.5 Å². The molecule has 0 unspecified atom stereocenters. The second kappa shape index (κ2) is 8.29. The van der Waals surface area contributed by atoms with Crippen molar-refractivity contribution in [1.29, 1.82) is 0 Å². The van der Waals surface area contributed by atoms with Gasteiger partial charge >= 0.3 is 0 Å². The molecule has 0 saturated heterocycles. The maximum Gasteiger partial charge on any atom is 0.265 e. The number of quaternary nitrogens is 1. The monoisotopic (exact) mass is 293 g/mol. The molecule has 0 fully saturated rings. The smallest absolute Gasteiger partial charge is 0.265 e. The molecule has 2 N–H and O–H groups in total. The number of carbonyl (C=O) groups excluding carboxylic acids is 1. The molecule has 6 nitrogen and oxygen atoms in total. The quantitative estimate of drug-likeness (QED) is 0.347. The Morgan fingerprint density at radius 2 is 1.89 bits per heavy atom. The maximum atomic E-state index is 11.1. The summed E-state index contributed by atoms with van der Waals surface area (Å²) >= 11 is 0. The van der Waals surface area contributed by atoms with Gasteiger partial charge in [-0.3, -0.25) is 9.35 Å². The fourth-order valence-electron chi connectivity index (χ4n) is 2.04. The van der Waals surface area contributed by atoms with E-state index < -0.39 is 10.1 Å². The number of hydrogen-bond donors (Lipinski definition) is 2. The van der Waals surface area contributed by atoms with Crippen molar-refractivity contribution in [3.8, 4) is 0 Å². The van der Waals surface area contributed by atoms with Crippen LogP contribution in [-0.2, 0) is 14.9 Å². The first-order chi connectivity index (χ1) is 8.78. The first-order valence-corrected chi connectivity index (χ1v) is 8.10. The zero-order chi connectivity index (χ0) is 14.9. The molecule has 0 aromatic rings. The van der Waals surface area contributed by atoms with Crippen molar-refractivity contribution < 1.29 is 22.2 Å². The van der Waals surface area contributed by atoms with Crippen molar-refractivity contribution in [3.63, 3.8) is 0 Å². The lowest BCUT2D eigenvalue weighted by Crippen LogP contribution is -2.52. The molecule has 19 heavy (non-hydrogen) atoms. The Balaban J connectivity index is 4.33. The minimum absolute atomic E-state index is 0.205. The van der Waals surface area contributed by atoms with E-state index in [4.69, 9.17) is 4.55 Å². The molecule has 0 spiro atoms. The van der Waals surface area contributed by atoms with Crippen LogP contribution in [0.15, 0.2) is 12.7 Å². The first-order valence-electron chi connectivity index (χ1n) is 6.49. The Labute approximate surface area is 115 Å². The van der Waals surface area contributed by atoms with Gasteiger partial charge in [0.05, 0.1) is 38.5 Å². The van der Waals surface area contributed by atoms with Crippen LogP contribution in [0.25, 0.3) is 0 Å². The summed E-state index contributed by atoms with van der Waals surface area (Å²) < 4.78 is 30.9. The van der Waals surface area contributed by atoms with Gasteiger partial charge in [-0.25, -0.2) is 0 Å². The zero-order valence-corrected chi connectivity index (χ0v) is 12.6. The second-order valence-electron chi connectivity index (χ2n) is 4.56.